The highest BCUT2D eigenvalue weighted by Gasteiger charge is 2.41. The molecule has 4 rings (SSSR count). The number of carbonyl (C=O) groups excluding carboxylic acids is 1. The van der Waals surface area contributed by atoms with Gasteiger partial charge in [-0.15, -0.1) is 0 Å². The number of benzene rings is 1. The summed E-state index contributed by atoms with van der Waals surface area (Å²) in [6.07, 6.45) is 2.67. The fourth-order valence-electron chi connectivity index (χ4n) is 3.61. The summed E-state index contributed by atoms with van der Waals surface area (Å²) in [5.41, 5.74) is 2.14. The predicted octanol–water partition coefficient (Wildman–Crippen LogP) is 2.76. The van der Waals surface area contributed by atoms with Gasteiger partial charge in [0.1, 0.15) is 0 Å². The molecular formula is C18H20N2O2. The highest BCUT2D eigenvalue weighted by Crippen LogP contribution is 2.38. The lowest BCUT2D eigenvalue weighted by Crippen LogP contribution is -2.46. The van der Waals surface area contributed by atoms with E-state index in [1.54, 1.807) is 0 Å². The normalized spacial score (nSPS) is 25.3. The van der Waals surface area contributed by atoms with Crippen LogP contribution in [0.15, 0.2) is 36.4 Å². The summed E-state index contributed by atoms with van der Waals surface area (Å²) in [5, 5.41) is 1.14. The topological polar surface area (TPSA) is 42.4 Å². The van der Waals surface area contributed by atoms with Gasteiger partial charge in [0, 0.05) is 30.4 Å². The van der Waals surface area contributed by atoms with Gasteiger partial charge < -0.3 is 9.64 Å². The number of aromatic nitrogens is 1. The monoisotopic (exact) mass is 296 g/mol. The highest BCUT2D eigenvalue weighted by atomic mass is 16.5. The molecule has 1 amide bonds. The SMILES string of the molecule is O=C1CCC2(CCOC2)CN1Cc1ccc2ccccc2n1. The van der Waals surface area contributed by atoms with E-state index in [0.717, 1.165) is 49.2 Å². The molecule has 1 aromatic carbocycles. The molecule has 114 valence electrons. The van der Waals surface area contributed by atoms with Crippen LogP contribution in [-0.4, -0.2) is 35.5 Å². The Labute approximate surface area is 130 Å². The lowest BCUT2D eigenvalue weighted by atomic mass is 9.79. The fourth-order valence-corrected chi connectivity index (χ4v) is 3.61. The summed E-state index contributed by atoms with van der Waals surface area (Å²) in [4.78, 5) is 18.9. The molecule has 0 saturated carbocycles. The van der Waals surface area contributed by atoms with E-state index in [1.165, 1.54) is 0 Å². The highest BCUT2D eigenvalue weighted by molar-refractivity contribution is 5.79. The van der Waals surface area contributed by atoms with Crippen LogP contribution in [0.2, 0.25) is 0 Å². The third-order valence-electron chi connectivity index (χ3n) is 4.94. The van der Waals surface area contributed by atoms with Crippen LogP contribution in [0, 0.1) is 5.41 Å². The third kappa shape index (κ3) is 2.48. The van der Waals surface area contributed by atoms with Crippen molar-refractivity contribution in [1.29, 1.82) is 0 Å². The average Bonchev–Trinajstić information content (AvgIpc) is 2.99. The first-order valence-electron chi connectivity index (χ1n) is 7.94. The molecule has 0 radical (unpaired) electrons. The van der Waals surface area contributed by atoms with Crippen LogP contribution in [-0.2, 0) is 16.1 Å². The molecule has 2 aliphatic heterocycles. The summed E-state index contributed by atoms with van der Waals surface area (Å²) in [5.74, 6) is 0.243. The smallest absolute Gasteiger partial charge is 0.222 e. The van der Waals surface area contributed by atoms with Crippen LogP contribution >= 0.6 is 0 Å². The number of amides is 1. The first-order chi connectivity index (χ1) is 10.7. The molecule has 1 unspecified atom stereocenters. The quantitative estimate of drug-likeness (QED) is 0.856. The number of likely N-dealkylation sites (tertiary alicyclic amines) is 1. The molecule has 2 fully saturated rings. The van der Waals surface area contributed by atoms with Crippen molar-refractivity contribution in [3.63, 3.8) is 0 Å². The minimum Gasteiger partial charge on any atom is -0.381 e. The minimum absolute atomic E-state index is 0.185. The van der Waals surface area contributed by atoms with Crippen LogP contribution in [0.3, 0.4) is 0 Å². The van der Waals surface area contributed by atoms with Gasteiger partial charge in [0.2, 0.25) is 5.91 Å². The number of fused-ring (bicyclic) bond motifs is 1. The molecule has 0 bridgehead atoms. The Morgan fingerprint density at radius 1 is 1.18 bits per heavy atom. The molecule has 4 nitrogen and oxygen atoms in total. The maximum Gasteiger partial charge on any atom is 0.222 e. The van der Waals surface area contributed by atoms with Gasteiger partial charge in [0.25, 0.3) is 0 Å². The molecule has 1 aromatic heterocycles. The zero-order valence-corrected chi connectivity index (χ0v) is 12.6. The van der Waals surface area contributed by atoms with E-state index in [0.29, 0.717) is 13.0 Å². The third-order valence-corrected chi connectivity index (χ3v) is 4.94. The summed E-state index contributed by atoms with van der Waals surface area (Å²) < 4.78 is 5.58. The number of hydrogen-bond acceptors (Lipinski definition) is 3. The Morgan fingerprint density at radius 3 is 2.95 bits per heavy atom. The van der Waals surface area contributed by atoms with Gasteiger partial charge in [-0.1, -0.05) is 24.3 Å². The van der Waals surface area contributed by atoms with Gasteiger partial charge in [-0.25, -0.2) is 0 Å². The Morgan fingerprint density at radius 2 is 2.09 bits per heavy atom. The lowest BCUT2D eigenvalue weighted by molar-refractivity contribution is -0.138. The first-order valence-corrected chi connectivity index (χ1v) is 7.94. The molecule has 2 aliphatic rings. The fraction of sp³-hybridized carbons (Fsp3) is 0.444. The van der Waals surface area contributed by atoms with Crippen LogP contribution in [0.25, 0.3) is 10.9 Å². The number of rotatable bonds is 2. The second-order valence-electron chi connectivity index (χ2n) is 6.55. The number of pyridine rings is 1. The van der Waals surface area contributed by atoms with Crippen molar-refractivity contribution in [2.45, 2.75) is 25.8 Å². The summed E-state index contributed by atoms with van der Waals surface area (Å²) in [7, 11) is 0. The number of para-hydroxylation sites is 1. The number of ether oxygens (including phenoxy) is 1. The Balaban J connectivity index is 1.56. The zero-order chi connectivity index (χ0) is 15.0. The molecule has 0 aliphatic carbocycles. The molecule has 3 heterocycles. The number of piperidine rings is 1. The van der Waals surface area contributed by atoms with Crippen molar-refractivity contribution in [2.24, 2.45) is 5.41 Å². The van der Waals surface area contributed by atoms with E-state index >= 15 is 0 Å². The second kappa shape index (κ2) is 5.36. The van der Waals surface area contributed by atoms with Gasteiger partial charge in [-0.2, -0.15) is 0 Å². The average molecular weight is 296 g/mol. The molecule has 4 heteroatoms. The molecule has 2 aromatic rings. The van der Waals surface area contributed by atoms with E-state index in [-0.39, 0.29) is 11.3 Å². The van der Waals surface area contributed by atoms with E-state index in [2.05, 4.69) is 12.1 Å². The van der Waals surface area contributed by atoms with Crippen LogP contribution in [0.1, 0.15) is 25.0 Å². The molecule has 2 saturated heterocycles. The van der Waals surface area contributed by atoms with Crippen LogP contribution in [0.5, 0.6) is 0 Å². The second-order valence-corrected chi connectivity index (χ2v) is 6.55. The first kappa shape index (κ1) is 13.7. The van der Waals surface area contributed by atoms with Crippen LogP contribution < -0.4 is 0 Å². The van der Waals surface area contributed by atoms with Crippen molar-refractivity contribution in [3.8, 4) is 0 Å². The number of carbonyl (C=O) groups is 1. The van der Waals surface area contributed by atoms with Gasteiger partial charge >= 0.3 is 0 Å². The molecular weight excluding hydrogens is 276 g/mol. The Bertz CT molecular complexity index is 707. The van der Waals surface area contributed by atoms with Crippen molar-refractivity contribution < 1.29 is 9.53 Å². The van der Waals surface area contributed by atoms with Gasteiger partial charge in [0.15, 0.2) is 0 Å². The standard InChI is InChI=1S/C18H20N2O2/c21-17-7-8-18(9-10-22-13-18)12-20(17)11-15-6-5-14-3-1-2-4-16(14)19-15/h1-6H,7-13H2. The Hall–Kier alpha value is -1.94. The molecule has 0 N–H and O–H groups in total. The van der Waals surface area contributed by atoms with Crippen molar-refractivity contribution in [3.05, 3.63) is 42.1 Å². The minimum atomic E-state index is 0.185. The molecule has 1 spiro atoms. The maximum atomic E-state index is 12.3. The van der Waals surface area contributed by atoms with Gasteiger partial charge in [0.05, 0.1) is 24.4 Å². The van der Waals surface area contributed by atoms with E-state index < -0.39 is 0 Å². The van der Waals surface area contributed by atoms with E-state index in [1.807, 2.05) is 29.2 Å². The number of hydrogen-bond donors (Lipinski definition) is 0. The van der Waals surface area contributed by atoms with Gasteiger partial charge in [-0.3, -0.25) is 9.78 Å². The van der Waals surface area contributed by atoms with E-state index in [9.17, 15) is 4.79 Å². The molecule has 1 atom stereocenters. The zero-order valence-electron chi connectivity index (χ0n) is 12.6. The summed E-state index contributed by atoms with van der Waals surface area (Å²) in [6, 6.07) is 12.2. The molecule has 22 heavy (non-hydrogen) atoms. The van der Waals surface area contributed by atoms with E-state index in [4.69, 9.17) is 9.72 Å². The lowest BCUT2D eigenvalue weighted by Gasteiger charge is -2.39. The van der Waals surface area contributed by atoms with Crippen LogP contribution in [0.4, 0.5) is 0 Å². The van der Waals surface area contributed by atoms with Crippen molar-refractivity contribution in [2.75, 3.05) is 19.8 Å². The summed E-state index contributed by atoms with van der Waals surface area (Å²) in [6.45, 7) is 3.03. The predicted molar refractivity (Wildman–Crippen MR) is 84.3 cm³/mol. The Kier molecular flexibility index (Phi) is 3.34. The summed E-state index contributed by atoms with van der Waals surface area (Å²) >= 11 is 0. The van der Waals surface area contributed by atoms with Crippen molar-refractivity contribution in [1.82, 2.24) is 9.88 Å². The largest absolute Gasteiger partial charge is 0.381 e. The maximum absolute atomic E-state index is 12.3. The number of nitrogens with zero attached hydrogens (tertiary/aromatic N) is 2. The van der Waals surface area contributed by atoms with Crippen molar-refractivity contribution >= 4 is 16.8 Å². The van der Waals surface area contributed by atoms with Gasteiger partial charge in [-0.05, 0) is 25.0 Å².